The number of unbranched alkanes of at least 4 members (excludes halogenated alkanes) is 1. The first kappa shape index (κ1) is 15.5. The van der Waals surface area contributed by atoms with Gasteiger partial charge in [0.15, 0.2) is 0 Å². The highest BCUT2D eigenvalue weighted by atomic mass is 16.2. The van der Waals surface area contributed by atoms with Crippen LogP contribution >= 0.6 is 0 Å². The SMILES string of the molecule is CCCCN(CC1CCCN1)C(=O)c1ccc(C#N)cc1. The molecule has 1 N–H and O–H groups in total. The third kappa shape index (κ3) is 4.30. The van der Waals surface area contributed by atoms with Gasteiger partial charge >= 0.3 is 0 Å². The van der Waals surface area contributed by atoms with Gasteiger partial charge in [-0.2, -0.15) is 5.26 Å². The van der Waals surface area contributed by atoms with Crippen LogP contribution in [0.1, 0.15) is 48.5 Å². The molecule has 2 rings (SSSR count). The van der Waals surface area contributed by atoms with Crippen molar-refractivity contribution in [2.75, 3.05) is 19.6 Å². The molecule has 0 bridgehead atoms. The maximum Gasteiger partial charge on any atom is 0.253 e. The first-order valence-corrected chi connectivity index (χ1v) is 7.77. The molecule has 21 heavy (non-hydrogen) atoms. The summed E-state index contributed by atoms with van der Waals surface area (Å²) in [5.74, 6) is 0.0710. The van der Waals surface area contributed by atoms with E-state index in [9.17, 15) is 4.79 Å². The van der Waals surface area contributed by atoms with Crippen LogP contribution in [0.15, 0.2) is 24.3 Å². The van der Waals surface area contributed by atoms with Gasteiger partial charge in [0.05, 0.1) is 11.6 Å². The van der Waals surface area contributed by atoms with Crippen LogP contribution in [0, 0.1) is 11.3 Å². The van der Waals surface area contributed by atoms with Crippen molar-refractivity contribution in [2.24, 2.45) is 0 Å². The number of rotatable bonds is 6. The number of hydrogen-bond acceptors (Lipinski definition) is 3. The molecule has 1 aliphatic rings. The molecular formula is C17H23N3O. The molecule has 1 fully saturated rings. The van der Waals surface area contributed by atoms with E-state index in [-0.39, 0.29) is 5.91 Å². The van der Waals surface area contributed by atoms with Crippen LogP contribution in [-0.4, -0.2) is 36.5 Å². The van der Waals surface area contributed by atoms with Crippen LogP contribution in [0.4, 0.5) is 0 Å². The van der Waals surface area contributed by atoms with Crippen molar-refractivity contribution in [1.82, 2.24) is 10.2 Å². The largest absolute Gasteiger partial charge is 0.337 e. The number of benzene rings is 1. The predicted molar refractivity (Wildman–Crippen MR) is 83.0 cm³/mol. The third-order valence-electron chi connectivity index (χ3n) is 3.93. The Labute approximate surface area is 126 Å². The summed E-state index contributed by atoms with van der Waals surface area (Å²) in [5, 5.41) is 12.3. The van der Waals surface area contributed by atoms with Crippen molar-refractivity contribution in [1.29, 1.82) is 5.26 Å². The summed E-state index contributed by atoms with van der Waals surface area (Å²) in [4.78, 5) is 14.6. The van der Waals surface area contributed by atoms with Gasteiger partial charge in [0, 0.05) is 24.7 Å². The summed E-state index contributed by atoms with van der Waals surface area (Å²) in [7, 11) is 0. The third-order valence-corrected chi connectivity index (χ3v) is 3.93. The number of carbonyl (C=O) groups is 1. The molecule has 1 aromatic rings. The highest BCUT2D eigenvalue weighted by Crippen LogP contribution is 2.12. The van der Waals surface area contributed by atoms with Gasteiger partial charge in [0.2, 0.25) is 0 Å². The zero-order valence-electron chi connectivity index (χ0n) is 12.6. The lowest BCUT2D eigenvalue weighted by atomic mass is 10.1. The number of nitrogens with zero attached hydrogens (tertiary/aromatic N) is 2. The van der Waals surface area contributed by atoms with Crippen molar-refractivity contribution in [3.05, 3.63) is 35.4 Å². The van der Waals surface area contributed by atoms with Crippen LogP contribution in [0.2, 0.25) is 0 Å². The molecule has 1 unspecified atom stereocenters. The van der Waals surface area contributed by atoms with E-state index in [1.165, 1.54) is 6.42 Å². The van der Waals surface area contributed by atoms with E-state index in [1.807, 2.05) is 4.90 Å². The second-order valence-electron chi connectivity index (χ2n) is 5.59. The van der Waals surface area contributed by atoms with E-state index in [1.54, 1.807) is 24.3 Å². The number of hydrogen-bond donors (Lipinski definition) is 1. The fourth-order valence-electron chi connectivity index (χ4n) is 2.67. The Morgan fingerprint density at radius 2 is 2.19 bits per heavy atom. The van der Waals surface area contributed by atoms with Crippen molar-refractivity contribution in [3.8, 4) is 6.07 Å². The first-order valence-electron chi connectivity index (χ1n) is 7.77. The van der Waals surface area contributed by atoms with E-state index in [2.05, 4.69) is 18.3 Å². The van der Waals surface area contributed by atoms with Crippen LogP contribution in [0.3, 0.4) is 0 Å². The Balaban J connectivity index is 2.06. The monoisotopic (exact) mass is 285 g/mol. The fourth-order valence-corrected chi connectivity index (χ4v) is 2.67. The van der Waals surface area contributed by atoms with Crippen LogP contribution in [0.5, 0.6) is 0 Å². The molecule has 0 radical (unpaired) electrons. The molecule has 1 atom stereocenters. The van der Waals surface area contributed by atoms with Gasteiger partial charge in [0.1, 0.15) is 0 Å². The molecule has 112 valence electrons. The van der Waals surface area contributed by atoms with Gasteiger partial charge in [-0.15, -0.1) is 0 Å². The van der Waals surface area contributed by atoms with Gasteiger partial charge in [-0.1, -0.05) is 13.3 Å². The summed E-state index contributed by atoms with van der Waals surface area (Å²) in [6.45, 7) is 4.77. The maximum atomic E-state index is 12.7. The van der Waals surface area contributed by atoms with Crippen LogP contribution in [-0.2, 0) is 0 Å². The smallest absolute Gasteiger partial charge is 0.253 e. The summed E-state index contributed by atoms with van der Waals surface area (Å²) >= 11 is 0. The summed E-state index contributed by atoms with van der Waals surface area (Å²) < 4.78 is 0. The Morgan fingerprint density at radius 1 is 1.43 bits per heavy atom. The molecule has 0 spiro atoms. The molecular weight excluding hydrogens is 262 g/mol. The van der Waals surface area contributed by atoms with E-state index in [4.69, 9.17) is 5.26 Å². The lowest BCUT2D eigenvalue weighted by molar-refractivity contribution is 0.0739. The van der Waals surface area contributed by atoms with Crippen LogP contribution < -0.4 is 5.32 Å². The topological polar surface area (TPSA) is 56.1 Å². The molecule has 1 aromatic carbocycles. The normalized spacial score (nSPS) is 17.4. The van der Waals surface area contributed by atoms with Crippen molar-refractivity contribution >= 4 is 5.91 Å². The van der Waals surface area contributed by atoms with Gasteiger partial charge in [0.25, 0.3) is 5.91 Å². The molecule has 4 heteroatoms. The van der Waals surface area contributed by atoms with Gasteiger partial charge in [-0.05, 0) is 50.1 Å². The molecule has 0 saturated carbocycles. The summed E-state index contributed by atoms with van der Waals surface area (Å²) in [6, 6.07) is 9.42. The molecule has 0 aliphatic carbocycles. The summed E-state index contributed by atoms with van der Waals surface area (Å²) in [5.41, 5.74) is 1.26. The number of amides is 1. The predicted octanol–water partition coefficient (Wildman–Crippen LogP) is 2.55. The average molecular weight is 285 g/mol. The zero-order chi connectivity index (χ0) is 15.1. The van der Waals surface area contributed by atoms with Gasteiger partial charge in [-0.25, -0.2) is 0 Å². The summed E-state index contributed by atoms with van der Waals surface area (Å²) in [6.07, 6.45) is 4.44. The van der Waals surface area contributed by atoms with E-state index >= 15 is 0 Å². The van der Waals surface area contributed by atoms with E-state index in [0.29, 0.717) is 17.2 Å². The molecule has 0 aromatic heterocycles. The lowest BCUT2D eigenvalue weighted by Crippen LogP contribution is -2.41. The van der Waals surface area contributed by atoms with Crippen LogP contribution in [0.25, 0.3) is 0 Å². The second kappa shape index (κ2) is 7.80. The Bertz CT molecular complexity index is 498. The van der Waals surface area contributed by atoms with Gasteiger partial charge in [-0.3, -0.25) is 4.79 Å². The maximum absolute atomic E-state index is 12.7. The quantitative estimate of drug-likeness (QED) is 0.874. The second-order valence-corrected chi connectivity index (χ2v) is 5.59. The minimum Gasteiger partial charge on any atom is -0.337 e. The Morgan fingerprint density at radius 3 is 2.76 bits per heavy atom. The molecule has 1 heterocycles. The Hall–Kier alpha value is -1.86. The first-order chi connectivity index (χ1) is 10.2. The molecule has 1 amide bonds. The van der Waals surface area contributed by atoms with Gasteiger partial charge < -0.3 is 10.2 Å². The number of nitriles is 1. The van der Waals surface area contributed by atoms with E-state index in [0.717, 1.165) is 38.9 Å². The van der Waals surface area contributed by atoms with Crippen molar-refractivity contribution in [3.63, 3.8) is 0 Å². The van der Waals surface area contributed by atoms with Crippen molar-refractivity contribution < 1.29 is 4.79 Å². The average Bonchev–Trinajstić information content (AvgIpc) is 3.04. The molecule has 4 nitrogen and oxygen atoms in total. The van der Waals surface area contributed by atoms with Crippen molar-refractivity contribution in [2.45, 2.75) is 38.6 Å². The minimum atomic E-state index is 0.0710. The molecule has 1 aliphatic heterocycles. The fraction of sp³-hybridized carbons (Fsp3) is 0.529. The highest BCUT2D eigenvalue weighted by molar-refractivity contribution is 5.94. The number of carbonyl (C=O) groups excluding carboxylic acids is 1. The minimum absolute atomic E-state index is 0.0710. The zero-order valence-corrected chi connectivity index (χ0v) is 12.6. The highest BCUT2D eigenvalue weighted by Gasteiger charge is 2.22. The standard InChI is InChI=1S/C17H23N3O/c1-2-3-11-20(13-16-5-4-10-19-16)17(21)15-8-6-14(12-18)7-9-15/h6-9,16,19H,2-5,10-11,13H2,1H3. The lowest BCUT2D eigenvalue weighted by Gasteiger charge is -2.26. The molecule has 1 saturated heterocycles. The number of nitrogens with one attached hydrogen (secondary N) is 1. The Kier molecular flexibility index (Phi) is 5.77. The van der Waals surface area contributed by atoms with E-state index < -0.39 is 0 Å².